The Balaban J connectivity index is 2.35. The van der Waals surface area contributed by atoms with Crippen LogP contribution in [0.15, 0.2) is 48.5 Å². The number of hydrogen-bond acceptors (Lipinski definition) is 1. The summed E-state index contributed by atoms with van der Waals surface area (Å²) in [6.45, 7) is 6.15. The SMILES string of the molecule is Cc1ccc(CC(C)(C=O)c2ccccc2C)cc1. The Bertz CT molecular complexity index is 568. The van der Waals surface area contributed by atoms with Crippen molar-refractivity contribution in [1.29, 1.82) is 0 Å². The van der Waals surface area contributed by atoms with E-state index >= 15 is 0 Å². The molecule has 0 heterocycles. The Hall–Kier alpha value is -1.89. The first kappa shape index (κ1) is 13.5. The Morgan fingerprint density at radius 2 is 1.63 bits per heavy atom. The van der Waals surface area contributed by atoms with Crippen molar-refractivity contribution in [2.24, 2.45) is 0 Å². The van der Waals surface area contributed by atoms with Crippen molar-refractivity contribution in [3.8, 4) is 0 Å². The van der Waals surface area contributed by atoms with E-state index in [-0.39, 0.29) is 0 Å². The molecule has 1 atom stereocenters. The third-order valence-corrected chi connectivity index (χ3v) is 3.71. The second-order valence-corrected chi connectivity index (χ2v) is 5.51. The predicted octanol–water partition coefficient (Wildman–Crippen LogP) is 4.00. The van der Waals surface area contributed by atoms with Crippen LogP contribution in [0.5, 0.6) is 0 Å². The number of aldehydes is 1. The minimum Gasteiger partial charge on any atom is -0.302 e. The lowest BCUT2D eigenvalue weighted by Gasteiger charge is -2.25. The van der Waals surface area contributed by atoms with Gasteiger partial charge in [0.15, 0.2) is 0 Å². The van der Waals surface area contributed by atoms with Gasteiger partial charge in [-0.15, -0.1) is 0 Å². The lowest BCUT2D eigenvalue weighted by Crippen LogP contribution is -2.27. The number of benzene rings is 2. The van der Waals surface area contributed by atoms with Crippen molar-refractivity contribution in [2.45, 2.75) is 32.6 Å². The van der Waals surface area contributed by atoms with Gasteiger partial charge in [-0.25, -0.2) is 0 Å². The minimum atomic E-state index is -0.458. The molecule has 1 nitrogen and oxygen atoms in total. The number of carbonyl (C=O) groups excluding carboxylic acids is 1. The van der Waals surface area contributed by atoms with Gasteiger partial charge in [0.25, 0.3) is 0 Å². The summed E-state index contributed by atoms with van der Waals surface area (Å²) in [4.78, 5) is 11.7. The van der Waals surface area contributed by atoms with Crippen LogP contribution in [-0.4, -0.2) is 6.29 Å². The molecule has 0 aliphatic rings. The van der Waals surface area contributed by atoms with Gasteiger partial charge in [0, 0.05) is 0 Å². The molecule has 0 radical (unpaired) electrons. The van der Waals surface area contributed by atoms with Crippen LogP contribution in [0.4, 0.5) is 0 Å². The van der Waals surface area contributed by atoms with Crippen LogP contribution >= 0.6 is 0 Å². The average Bonchev–Trinajstić information content (AvgIpc) is 2.42. The monoisotopic (exact) mass is 252 g/mol. The van der Waals surface area contributed by atoms with Crippen molar-refractivity contribution in [3.63, 3.8) is 0 Å². The van der Waals surface area contributed by atoms with Crippen LogP contribution in [0.2, 0.25) is 0 Å². The van der Waals surface area contributed by atoms with Gasteiger partial charge < -0.3 is 4.79 Å². The zero-order valence-corrected chi connectivity index (χ0v) is 11.8. The molecule has 19 heavy (non-hydrogen) atoms. The molecule has 2 aromatic rings. The van der Waals surface area contributed by atoms with E-state index in [0.717, 1.165) is 18.3 Å². The topological polar surface area (TPSA) is 17.1 Å². The number of hydrogen-bond donors (Lipinski definition) is 0. The molecule has 0 fully saturated rings. The molecule has 0 N–H and O–H groups in total. The summed E-state index contributed by atoms with van der Waals surface area (Å²) >= 11 is 0. The lowest BCUT2D eigenvalue weighted by molar-refractivity contribution is -0.112. The largest absolute Gasteiger partial charge is 0.302 e. The molecule has 0 aliphatic heterocycles. The first-order valence-corrected chi connectivity index (χ1v) is 6.63. The van der Waals surface area contributed by atoms with Gasteiger partial charge in [0.1, 0.15) is 6.29 Å². The van der Waals surface area contributed by atoms with E-state index in [1.54, 1.807) is 0 Å². The fourth-order valence-corrected chi connectivity index (χ4v) is 2.54. The highest BCUT2D eigenvalue weighted by Gasteiger charge is 2.27. The molecule has 0 amide bonds. The third kappa shape index (κ3) is 2.93. The normalized spacial score (nSPS) is 13.8. The summed E-state index contributed by atoms with van der Waals surface area (Å²) < 4.78 is 0. The Labute approximate surface area is 115 Å². The molecule has 98 valence electrons. The first-order valence-electron chi connectivity index (χ1n) is 6.63. The van der Waals surface area contributed by atoms with Crippen molar-refractivity contribution in [1.82, 2.24) is 0 Å². The summed E-state index contributed by atoms with van der Waals surface area (Å²) in [5.41, 5.74) is 4.27. The fraction of sp³-hybridized carbons (Fsp3) is 0.278. The van der Waals surface area contributed by atoms with E-state index in [1.807, 2.05) is 19.1 Å². The van der Waals surface area contributed by atoms with Crippen LogP contribution in [0, 0.1) is 13.8 Å². The summed E-state index contributed by atoms with van der Waals surface area (Å²) in [6, 6.07) is 16.5. The van der Waals surface area contributed by atoms with E-state index in [4.69, 9.17) is 0 Å². The highest BCUT2D eigenvalue weighted by atomic mass is 16.1. The molecule has 0 spiro atoms. The second kappa shape index (κ2) is 5.40. The second-order valence-electron chi connectivity index (χ2n) is 5.51. The Morgan fingerprint density at radius 1 is 1.00 bits per heavy atom. The van der Waals surface area contributed by atoms with Gasteiger partial charge in [0.05, 0.1) is 5.41 Å². The Kier molecular flexibility index (Phi) is 3.84. The highest BCUT2D eigenvalue weighted by Crippen LogP contribution is 2.28. The fourth-order valence-electron chi connectivity index (χ4n) is 2.54. The van der Waals surface area contributed by atoms with E-state index < -0.39 is 5.41 Å². The van der Waals surface area contributed by atoms with Crippen molar-refractivity contribution in [3.05, 3.63) is 70.8 Å². The van der Waals surface area contributed by atoms with Crippen LogP contribution in [0.1, 0.15) is 29.2 Å². The van der Waals surface area contributed by atoms with Gasteiger partial charge in [-0.05, 0) is 43.9 Å². The van der Waals surface area contributed by atoms with Crippen LogP contribution in [0.3, 0.4) is 0 Å². The molecule has 0 bridgehead atoms. The van der Waals surface area contributed by atoms with Gasteiger partial charge >= 0.3 is 0 Å². The highest BCUT2D eigenvalue weighted by molar-refractivity contribution is 5.69. The predicted molar refractivity (Wildman–Crippen MR) is 79.5 cm³/mol. The van der Waals surface area contributed by atoms with Gasteiger partial charge in [-0.1, -0.05) is 54.1 Å². The van der Waals surface area contributed by atoms with Crippen LogP contribution < -0.4 is 0 Å². The number of carbonyl (C=O) groups is 1. The molecule has 0 aromatic heterocycles. The molecular weight excluding hydrogens is 232 g/mol. The number of rotatable bonds is 4. The maximum absolute atomic E-state index is 11.7. The van der Waals surface area contributed by atoms with E-state index in [9.17, 15) is 4.79 Å². The van der Waals surface area contributed by atoms with Crippen molar-refractivity contribution in [2.75, 3.05) is 0 Å². The van der Waals surface area contributed by atoms with E-state index in [2.05, 4.69) is 50.2 Å². The van der Waals surface area contributed by atoms with Crippen molar-refractivity contribution >= 4 is 6.29 Å². The van der Waals surface area contributed by atoms with E-state index in [0.29, 0.717) is 0 Å². The van der Waals surface area contributed by atoms with Crippen LogP contribution in [-0.2, 0) is 16.6 Å². The molecular formula is C18H20O. The molecule has 0 saturated carbocycles. The number of aryl methyl sites for hydroxylation is 2. The molecule has 2 rings (SSSR count). The van der Waals surface area contributed by atoms with Gasteiger partial charge in [-0.3, -0.25) is 0 Å². The van der Waals surface area contributed by atoms with Gasteiger partial charge in [0.2, 0.25) is 0 Å². The average molecular weight is 252 g/mol. The third-order valence-electron chi connectivity index (χ3n) is 3.71. The molecule has 0 aliphatic carbocycles. The summed E-state index contributed by atoms with van der Waals surface area (Å²) in [7, 11) is 0. The zero-order valence-electron chi connectivity index (χ0n) is 11.8. The smallest absolute Gasteiger partial charge is 0.130 e. The summed E-state index contributed by atoms with van der Waals surface area (Å²) in [5, 5.41) is 0. The lowest BCUT2D eigenvalue weighted by atomic mass is 9.77. The molecule has 2 aromatic carbocycles. The van der Waals surface area contributed by atoms with Gasteiger partial charge in [-0.2, -0.15) is 0 Å². The maximum Gasteiger partial charge on any atom is 0.130 e. The zero-order chi connectivity index (χ0) is 13.9. The summed E-state index contributed by atoms with van der Waals surface area (Å²) in [5.74, 6) is 0. The van der Waals surface area contributed by atoms with Crippen LogP contribution in [0.25, 0.3) is 0 Å². The quantitative estimate of drug-likeness (QED) is 0.752. The molecule has 0 saturated heterocycles. The first-order chi connectivity index (χ1) is 9.05. The molecule has 1 heteroatoms. The van der Waals surface area contributed by atoms with E-state index in [1.165, 1.54) is 16.7 Å². The molecule has 1 unspecified atom stereocenters. The standard InChI is InChI=1S/C18H20O/c1-14-8-10-16(11-9-14)12-18(3,13-19)17-7-5-4-6-15(17)2/h4-11,13H,12H2,1-3H3. The minimum absolute atomic E-state index is 0.458. The van der Waals surface area contributed by atoms with Crippen molar-refractivity contribution < 1.29 is 4.79 Å². The maximum atomic E-state index is 11.7. The summed E-state index contributed by atoms with van der Waals surface area (Å²) in [6.07, 6.45) is 1.82. The Morgan fingerprint density at radius 3 is 2.21 bits per heavy atom.